The first kappa shape index (κ1) is 20.4. The lowest BCUT2D eigenvalue weighted by molar-refractivity contribution is 0.103. The van der Waals surface area contributed by atoms with Gasteiger partial charge in [0.2, 0.25) is 5.78 Å². The number of rotatable bonds is 6. The smallest absolute Gasteiger partial charge is 0.225 e. The maximum atomic E-state index is 13.4. The zero-order valence-electron chi connectivity index (χ0n) is 17.0. The molecule has 0 radical (unpaired) electrons. The summed E-state index contributed by atoms with van der Waals surface area (Å²) in [5, 5.41) is 10.7. The zero-order chi connectivity index (χ0) is 22.1. The van der Waals surface area contributed by atoms with Gasteiger partial charge in [0.25, 0.3) is 0 Å². The van der Waals surface area contributed by atoms with Crippen LogP contribution in [0.4, 0.5) is 0 Å². The molecule has 8 heteroatoms. The molecule has 5 rings (SSSR count). The summed E-state index contributed by atoms with van der Waals surface area (Å²) in [6.45, 7) is 0.600. The maximum absolute atomic E-state index is 13.4. The number of ketones is 1. The monoisotopic (exact) mass is 460 g/mol. The third-order valence-corrected chi connectivity index (χ3v) is 6.30. The van der Waals surface area contributed by atoms with Crippen LogP contribution in [0.3, 0.4) is 0 Å². The van der Waals surface area contributed by atoms with Crippen LogP contribution in [-0.4, -0.2) is 32.6 Å². The number of hydrogen-bond donors (Lipinski definition) is 0. The van der Waals surface area contributed by atoms with Crippen LogP contribution in [0.25, 0.3) is 21.6 Å². The van der Waals surface area contributed by atoms with Gasteiger partial charge in [0, 0.05) is 34.9 Å². The molecule has 0 spiro atoms. The molecule has 0 amide bonds. The molecule has 0 saturated carbocycles. The topological polar surface area (TPSA) is 69.9 Å². The first-order chi connectivity index (χ1) is 15.6. The molecular formula is C24H17ClN4O2S. The van der Waals surface area contributed by atoms with Gasteiger partial charge in [-0.1, -0.05) is 41.1 Å². The van der Waals surface area contributed by atoms with Crippen molar-refractivity contribution in [1.82, 2.24) is 19.7 Å². The molecule has 0 bridgehead atoms. The van der Waals surface area contributed by atoms with Crippen molar-refractivity contribution in [2.24, 2.45) is 0 Å². The second-order valence-electron chi connectivity index (χ2n) is 7.14. The standard InChI is InChI=1S/C24H17ClN4O2S/c1-31-17-9-10-21-18(12-17)19(14-29(21)13-15-5-7-16(25)8-6-15)22(30)24-28-27-23(32-24)20-4-2-3-11-26-20/h2-12,14H,13H2,1H3. The van der Waals surface area contributed by atoms with Crippen LogP contribution in [0.5, 0.6) is 5.75 Å². The Labute approximate surface area is 193 Å². The van der Waals surface area contributed by atoms with E-state index < -0.39 is 0 Å². The van der Waals surface area contributed by atoms with Gasteiger partial charge in [-0.3, -0.25) is 9.78 Å². The Balaban J connectivity index is 1.56. The Morgan fingerprint density at radius 2 is 1.94 bits per heavy atom. The number of halogens is 1. The predicted octanol–water partition coefficient (Wildman–Crippen LogP) is 5.50. The third-order valence-electron chi connectivity index (χ3n) is 5.10. The van der Waals surface area contributed by atoms with Crippen molar-refractivity contribution in [3.8, 4) is 16.5 Å². The average Bonchev–Trinajstić information content (AvgIpc) is 3.46. The number of fused-ring (bicyclic) bond motifs is 1. The second kappa shape index (κ2) is 8.53. The maximum Gasteiger partial charge on any atom is 0.225 e. The van der Waals surface area contributed by atoms with E-state index >= 15 is 0 Å². The summed E-state index contributed by atoms with van der Waals surface area (Å²) >= 11 is 7.25. The van der Waals surface area contributed by atoms with Gasteiger partial charge >= 0.3 is 0 Å². The largest absolute Gasteiger partial charge is 0.497 e. The SMILES string of the molecule is COc1ccc2c(c1)c(C(=O)c1nnc(-c3ccccn3)s1)cn2Cc1ccc(Cl)cc1. The number of aromatic nitrogens is 4. The highest BCUT2D eigenvalue weighted by Gasteiger charge is 2.22. The molecule has 0 N–H and O–H groups in total. The molecule has 3 heterocycles. The van der Waals surface area contributed by atoms with Gasteiger partial charge < -0.3 is 9.30 Å². The van der Waals surface area contributed by atoms with E-state index in [0.717, 1.165) is 16.5 Å². The molecule has 0 aliphatic heterocycles. The summed E-state index contributed by atoms with van der Waals surface area (Å²) in [6, 6.07) is 18.9. The number of hydrogen-bond acceptors (Lipinski definition) is 6. The molecule has 0 unspecified atom stereocenters. The minimum atomic E-state index is -0.183. The van der Waals surface area contributed by atoms with Crippen LogP contribution < -0.4 is 4.74 Å². The van der Waals surface area contributed by atoms with E-state index in [9.17, 15) is 4.79 Å². The molecule has 0 saturated heterocycles. The van der Waals surface area contributed by atoms with Crippen LogP contribution in [-0.2, 0) is 6.54 Å². The lowest BCUT2D eigenvalue weighted by atomic mass is 10.1. The van der Waals surface area contributed by atoms with Gasteiger partial charge in [-0.25, -0.2) is 0 Å². The van der Waals surface area contributed by atoms with Crippen LogP contribution >= 0.6 is 22.9 Å². The summed E-state index contributed by atoms with van der Waals surface area (Å²) in [7, 11) is 1.61. The summed E-state index contributed by atoms with van der Waals surface area (Å²) in [4.78, 5) is 17.7. The Bertz CT molecular complexity index is 1410. The van der Waals surface area contributed by atoms with Gasteiger partial charge in [0.1, 0.15) is 11.4 Å². The molecule has 2 aromatic carbocycles. The van der Waals surface area contributed by atoms with Crippen molar-refractivity contribution in [1.29, 1.82) is 0 Å². The number of ether oxygens (including phenoxy) is 1. The summed E-state index contributed by atoms with van der Waals surface area (Å²) in [6.07, 6.45) is 3.55. The second-order valence-corrected chi connectivity index (χ2v) is 8.55. The fraction of sp³-hybridized carbons (Fsp3) is 0.0833. The quantitative estimate of drug-likeness (QED) is 0.313. The van der Waals surface area contributed by atoms with Crippen molar-refractivity contribution in [2.45, 2.75) is 6.54 Å². The molecule has 32 heavy (non-hydrogen) atoms. The Hall–Kier alpha value is -3.55. The molecule has 5 aromatic rings. The van der Waals surface area contributed by atoms with E-state index in [0.29, 0.717) is 38.6 Å². The van der Waals surface area contributed by atoms with Crippen molar-refractivity contribution in [2.75, 3.05) is 7.11 Å². The van der Waals surface area contributed by atoms with E-state index in [-0.39, 0.29) is 5.78 Å². The highest BCUT2D eigenvalue weighted by atomic mass is 35.5. The Morgan fingerprint density at radius 3 is 2.69 bits per heavy atom. The number of nitrogens with zero attached hydrogens (tertiary/aromatic N) is 4. The molecular weight excluding hydrogens is 444 g/mol. The van der Waals surface area contributed by atoms with Crippen LogP contribution in [0, 0.1) is 0 Å². The summed E-state index contributed by atoms with van der Waals surface area (Å²) in [5.74, 6) is 0.500. The molecule has 0 fully saturated rings. The van der Waals surface area contributed by atoms with Gasteiger partial charge in [-0.2, -0.15) is 0 Å². The van der Waals surface area contributed by atoms with Gasteiger partial charge in [0.05, 0.1) is 12.7 Å². The van der Waals surface area contributed by atoms with E-state index in [1.807, 2.05) is 71.4 Å². The lowest BCUT2D eigenvalue weighted by Gasteiger charge is -2.06. The van der Waals surface area contributed by atoms with Crippen molar-refractivity contribution < 1.29 is 9.53 Å². The van der Waals surface area contributed by atoms with E-state index in [1.165, 1.54) is 11.3 Å². The third kappa shape index (κ3) is 3.88. The van der Waals surface area contributed by atoms with Crippen molar-refractivity contribution in [3.63, 3.8) is 0 Å². The number of carbonyl (C=O) groups excluding carboxylic acids is 1. The molecule has 0 aliphatic rings. The van der Waals surface area contributed by atoms with Gasteiger partial charge in [-0.15, -0.1) is 10.2 Å². The highest BCUT2D eigenvalue weighted by molar-refractivity contribution is 7.16. The Morgan fingerprint density at radius 1 is 1.09 bits per heavy atom. The summed E-state index contributed by atoms with van der Waals surface area (Å²) in [5.41, 5.74) is 3.25. The minimum absolute atomic E-state index is 0.183. The number of carbonyl (C=O) groups is 1. The average molecular weight is 461 g/mol. The van der Waals surface area contributed by atoms with Crippen LogP contribution in [0.2, 0.25) is 5.02 Å². The lowest BCUT2D eigenvalue weighted by Crippen LogP contribution is -2.01. The highest BCUT2D eigenvalue weighted by Crippen LogP contribution is 2.30. The van der Waals surface area contributed by atoms with Crippen LogP contribution in [0.15, 0.2) is 73.1 Å². The van der Waals surface area contributed by atoms with E-state index in [4.69, 9.17) is 16.3 Å². The van der Waals surface area contributed by atoms with Gasteiger partial charge in [0.15, 0.2) is 10.0 Å². The first-order valence-electron chi connectivity index (χ1n) is 9.83. The number of benzene rings is 2. The fourth-order valence-corrected chi connectivity index (χ4v) is 4.42. The van der Waals surface area contributed by atoms with E-state index in [2.05, 4.69) is 15.2 Å². The number of methoxy groups -OCH3 is 1. The molecule has 0 atom stereocenters. The fourth-order valence-electron chi connectivity index (χ4n) is 3.52. The molecule has 6 nitrogen and oxygen atoms in total. The van der Waals surface area contributed by atoms with Crippen molar-refractivity contribution >= 4 is 39.6 Å². The first-order valence-corrected chi connectivity index (χ1v) is 11.0. The number of pyridine rings is 1. The molecule has 0 aliphatic carbocycles. The molecule has 3 aromatic heterocycles. The van der Waals surface area contributed by atoms with Crippen LogP contribution in [0.1, 0.15) is 20.9 Å². The van der Waals surface area contributed by atoms with Crippen molar-refractivity contribution in [3.05, 3.63) is 94.2 Å². The minimum Gasteiger partial charge on any atom is -0.497 e. The van der Waals surface area contributed by atoms with E-state index in [1.54, 1.807) is 13.3 Å². The molecule has 158 valence electrons. The van der Waals surface area contributed by atoms with Gasteiger partial charge in [-0.05, 0) is 48.0 Å². The normalized spacial score (nSPS) is 11.1. The summed E-state index contributed by atoms with van der Waals surface area (Å²) < 4.78 is 7.44. The predicted molar refractivity (Wildman–Crippen MR) is 126 cm³/mol. The Kier molecular flexibility index (Phi) is 5.43. The zero-order valence-corrected chi connectivity index (χ0v) is 18.6.